The summed E-state index contributed by atoms with van der Waals surface area (Å²) in [5.74, 6) is 0.140. The van der Waals surface area contributed by atoms with Gasteiger partial charge < -0.3 is 15.4 Å². The molecule has 11 heteroatoms. The molecule has 0 aliphatic carbocycles. The van der Waals surface area contributed by atoms with Crippen molar-refractivity contribution in [3.8, 4) is 16.3 Å². The number of anilines is 2. The summed E-state index contributed by atoms with van der Waals surface area (Å²) >= 11 is 13.2. The fraction of sp³-hybridized carbons (Fsp3) is 0.238. The van der Waals surface area contributed by atoms with Crippen LogP contribution in [0.1, 0.15) is 13.8 Å². The van der Waals surface area contributed by atoms with Crippen molar-refractivity contribution in [3.05, 3.63) is 52.5 Å². The quantitative estimate of drug-likeness (QED) is 0.413. The zero-order valence-electron chi connectivity index (χ0n) is 17.5. The molecule has 0 radical (unpaired) electrons. The van der Waals surface area contributed by atoms with Gasteiger partial charge in [0.1, 0.15) is 16.8 Å². The Balaban J connectivity index is 1.64. The standard InChI is InChI=1S/C21H21Cl2N5O3S/c1-11(2)17(25-20(30)24-16-9-6-13(22)10-15(16)23)18(29)26-21-28-27-19(32-21)12-4-7-14(31-3)8-5-12/h4-11,17H,1-3H3,(H2,24,25,30)(H,26,28,29)/t17-/m1/s1. The number of amides is 3. The number of carbonyl (C=O) groups is 2. The Morgan fingerprint density at radius 2 is 1.75 bits per heavy atom. The number of methoxy groups -OCH3 is 1. The van der Waals surface area contributed by atoms with E-state index in [4.69, 9.17) is 27.9 Å². The minimum absolute atomic E-state index is 0.185. The van der Waals surface area contributed by atoms with Crippen molar-refractivity contribution in [1.82, 2.24) is 15.5 Å². The molecule has 3 rings (SSSR count). The minimum Gasteiger partial charge on any atom is -0.497 e. The molecular formula is C21H21Cl2N5O3S. The molecule has 1 heterocycles. The molecule has 2 aromatic carbocycles. The minimum atomic E-state index is -0.811. The van der Waals surface area contributed by atoms with Crippen LogP contribution in [0.2, 0.25) is 10.0 Å². The van der Waals surface area contributed by atoms with Gasteiger partial charge in [0.15, 0.2) is 0 Å². The molecule has 0 spiro atoms. The summed E-state index contributed by atoms with van der Waals surface area (Å²) in [5.41, 5.74) is 1.23. The fourth-order valence-electron chi connectivity index (χ4n) is 2.73. The lowest BCUT2D eigenvalue weighted by Crippen LogP contribution is -2.48. The number of ether oxygens (including phenoxy) is 1. The molecule has 3 N–H and O–H groups in total. The molecule has 168 valence electrons. The maximum absolute atomic E-state index is 12.8. The molecule has 1 aromatic heterocycles. The van der Waals surface area contributed by atoms with Crippen molar-refractivity contribution in [2.75, 3.05) is 17.7 Å². The first kappa shape index (κ1) is 23.8. The summed E-state index contributed by atoms with van der Waals surface area (Å²) in [6.07, 6.45) is 0. The molecule has 8 nitrogen and oxygen atoms in total. The Kier molecular flexibility index (Phi) is 7.89. The second-order valence-electron chi connectivity index (χ2n) is 7.07. The SMILES string of the molecule is COc1ccc(-c2nnc(NC(=O)[C@H](NC(=O)Nc3ccc(Cl)cc3Cl)C(C)C)s2)cc1. The Bertz CT molecular complexity index is 1110. The maximum atomic E-state index is 12.8. The van der Waals surface area contributed by atoms with Crippen LogP contribution in [-0.4, -0.2) is 35.3 Å². The Morgan fingerprint density at radius 3 is 2.38 bits per heavy atom. The fourth-order valence-corrected chi connectivity index (χ4v) is 3.94. The van der Waals surface area contributed by atoms with E-state index in [1.807, 2.05) is 38.1 Å². The Hall–Kier alpha value is -2.88. The van der Waals surface area contributed by atoms with E-state index in [1.165, 1.54) is 17.4 Å². The molecular weight excluding hydrogens is 473 g/mol. The van der Waals surface area contributed by atoms with E-state index in [0.29, 0.717) is 20.8 Å². The van der Waals surface area contributed by atoms with Crippen molar-refractivity contribution < 1.29 is 14.3 Å². The van der Waals surface area contributed by atoms with Gasteiger partial charge in [-0.3, -0.25) is 10.1 Å². The number of nitrogens with one attached hydrogen (secondary N) is 3. The van der Waals surface area contributed by atoms with E-state index in [9.17, 15) is 9.59 Å². The van der Waals surface area contributed by atoms with E-state index in [1.54, 1.807) is 19.2 Å². The lowest BCUT2D eigenvalue weighted by molar-refractivity contribution is -0.118. The largest absolute Gasteiger partial charge is 0.497 e. The first-order valence-corrected chi connectivity index (χ1v) is 11.2. The Morgan fingerprint density at radius 1 is 1.03 bits per heavy atom. The average Bonchev–Trinajstić information content (AvgIpc) is 3.22. The molecule has 0 saturated carbocycles. The van der Waals surface area contributed by atoms with Gasteiger partial charge in [-0.15, -0.1) is 10.2 Å². The van der Waals surface area contributed by atoms with Crippen LogP contribution in [0.4, 0.5) is 15.6 Å². The lowest BCUT2D eigenvalue weighted by atomic mass is 10.0. The monoisotopic (exact) mass is 493 g/mol. The smallest absolute Gasteiger partial charge is 0.319 e. The Labute approximate surface area is 199 Å². The van der Waals surface area contributed by atoms with Crippen molar-refractivity contribution >= 4 is 57.3 Å². The number of aromatic nitrogens is 2. The van der Waals surface area contributed by atoms with Gasteiger partial charge in [0.2, 0.25) is 11.0 Å². The third-order valence-corrected chi connectivity index (χ3v) is 5.84. The van der Waals surface area contributed by atoms with Gasteiger partial charge in [-0.1, -0.05) is 48.4 Å². The molecule has 3 aromatic rings. The molecule has 0 saturated heterocycles. The highest BCUT2D eigenvalue weighted by Gasteiger charge is 2.25. The van der Waals surface area contributed by atoms with Crippen LogP contribution in [-0.2, 0) is 4.79 Å². The number of hydrogen-bond donors (Lipinski definition) is 3. The second-order valence-corrected chi connectivity index (χ2v) is 8.90. The van der Waals surface area contributed by atoms with E-state index < -0.39 is 18.0 Å². The maximum Gasteiger partial charge on any atom is 0.319 e. The van der Waals surface area contributed by atoms with Gasteiger partial charge in [-0.2, -0.15) is 0 Å². The third-order valence-electron chi connectivity index (χ3n) is 4.41. The van der Waals surface area contributed by atoms with Gasteiger partial charge in [0.25, 0.3) is 0 Å². The molecule has 1 atom stereocenters. The zero-order valence-corrected chi connectivity index (χ0v) is 19.8. The van der Waals surface area contributed by atoms with E-state index in [0.717, 1.165) is 11.3 Å². The lowest BCUT2D eigenvalue weighted by Gasteiger charge is -2.21. The van der Waals surface area contributed by atoms with Crippen LogP contribution in [0.25, 0.3) is 10.6 Å². The van der Waals surface area contributed by atoms with Crippen molar-refractivity contribution in [2.24, 2.45) is 5.92 Å². The van der Waals surface area contributed by atoms with Crippen LogP contribution in [0.3, 0.4) is 0 Å². The topological polar surface area (TPSA) is 105 Å². The third kappa shape index (κ3) is 6.09. The van der Waals surface area contributed by atoms with Crippen LogP contribution in [0.5, 0.6) is 5.75 Å². The molecule has 0 fully saturated rings. The molecule has 0 aliphatic heterocycles. The van der Waals surface area contributed by atoms with Gasteiger partial charge in [0, 0.05) is 10.6 Å². The van der Waals surface area contributed by atoms with Gasteiger partial charge in [0.05, 0.1) is 17.8 Å². The second kappa shape index (κ2) is 10.6. The molecule has 32 heavy (non-hydrogen) atoms. The first-order valence-electron chi connectivity index (χ1n) is 9.58. The van der Waals surface area contributed by atoms with Crippen molar-refractivity contribution in [2.45, 2.75) is 19.9 Å². The summed E-state index contributed by atoms with van der Waals surface area (Å²) in [7, 11) is 1.59. The van der Waals surface area contributed by atoms with E-state index >= 15 is 0 Å². The van der Waals surface area contributed by atoms with Gasteiger partial charge >= 0.3 is 6.03 Å². The number of rotatable bonds is 7. The van der Waals surface area contributed by atoms with E-state index in [-0.39, 0.29) is 10.9 Å². The highest BCUT2D eigenvalue weighted by atomic mass is 35.5. The average molecular weight is 494 g/mol. The van der Waals surface area contributed by atoms with Crippen LogP contribution < -0.4 is 20.7 Å². The normalized spacial score (nSPS) is 11.7. The van der Waals surface area contributed by atoms with Crippen LogP contribution >= 0.6 is 34.5 Å². The van der Waals surface area contributed by atoms with Crippen LogP contribution in [0.15, 0.2) is 42.5 Å². The van der Waals surface area contributed by atoms with Crippen molar-refractivity contribution in [3.63, 3.8) is 0 Å². The summed E-state index contributed by atoms with van der Waals surface area (Å²) in [6, 6.07) is 10.7. The first-order chi connectivity index (χ1) is 15.3. The number of benzene rings is 2. The zero-order chi connectivity index (χ0) is 23.3. The molecule has 0 bridgehead atoms. The number of halogens is 2. The summed E-state index contributed by atoms with van der Waals surface area (Å²) in [5, 5.41) is 17.9. The summed E-state index contributed by atoms with van der Waals surface area (Å²) in [4.78, 5) is 25.2. The van der Waals surface area contributed by atoms with Gasteiger partial charge in [-0.05, 0) is 48.4 Å². The number of nitrogens with zero attached hydrogens (tertiary/aromatic N) is 2. The highest BCUT2D eigenvalue weighted by molar-refractivity contribution is 7.18. The van der Waals surface area contributed by atoms with Gasteiger partial charge in [-0.25, -0.2) is 4.79 Å². The number of carbonyl (C=O) groups excluding carboxylic acids is 2. The van der Waals surface area contributed by atoms with Crippen molar-refractivity contribution in [1.29, 1.82) is 0 Å². The van der Waals surface area contributed by atoms with Crippen LogP contribution in [0, 0.1) is 5.92 Å². The predicted molar refractivity (Wildman–Crippen MR) is 128 cm³/mol. The highest BCUT2D eigenvalue weighted by Crippen LogP contribution is 2.28. The molecule has 0 aliphatic rings. The number of hydrogen-bond acceptors (Lipinski definition) is 6. The molecule has 0 unspecified atom stereocenters. The summed E-state index contributed by atoms with van der Waals surface area (Å²) in [6.45, 7) is 3.64. The molecule has 3 amide bonds. The number of urea groups is 1. The predicted octanol–water partition coefficient (Wildman–Crippen LogP) is 5.31. The summed E-state index contributed by atoms with van der Waals surface area (Å²) < 4.78 is 5.15. The van der Waals surface area contributed by atoms with E-state index in [2.05, 4.69) is 26.1 Å².